The fourth-order valence-corrected chi connectivity index (χ4v) is 2.52. The molecule has 0 saturated heterocycles. The molecule has 0 aliphatic rings. The van der Waals surface area contributed by atoms with Gasteiger partial charge in [-0.05, 0) is 36.5 Å². The van der Waals surface area contributed by atoms with E-state index in [1.165, 1.54) is 34.0 Å². The van der Waals surface area contributed by atoms with Crippen LogP contribution in [-0.2, 0) is 12.8 Å². The molecule has 0 spiro atoms. The van der Waals surface area contributed by atoms with Crippen LogP contribution in [0.25, 0.3) is 0 Å². The van der Waals surface area contributed by atoms with Crippen molar-refractivity contribution in [2.75, 3.05) is 0 Å². The Morgan fingerprint density at radius 3 is 2.46 bits per heavy atom. The molecule has 0 N–H and O–H groups in total. The average molecular weight is 241 g/mol. The van der Waals surface area contributed by atoms with E-state index < -0.39 is 0 Å². The van der Waals surface area contributed by atoms with Gasteiger partial charge >= 0.3 is 0 Å². The summed E-state index contributed by atoms with van der Waals surface area (Å²) in [6.07, 6.45) is 3.50. The summed E-state index contributed by atoms with van der Waals surface area (Å²) in [5, 5.41) is 0. The molecule has 0 fully saturated rings. The maximum atomic E-state index is 3.69. The summed E-state index contributed by atoms with van der Waals surface area (Å²) in [5.74, 6) is 0. The van der Waals surface area contributed by atoms with E-state index in [1.807, 2.05) is 0 Å². The first-order valence-electron chi connectivity index (χ1n) is 4.97. The van der Waals surface area contributed by atoms with Gasteiger partial charge < -0.3 is 0 Å². The second-order valence-electron chi connectivity index (χ2n) is 3.44. The van der Waals surface area contributed by atoms with Crippen LogP contribution in [0.1, 0.15) is 37.0 Å². The summed E-state index contributed by atoms with van der Waals surface area (Å²) in [6, 6.07) is 4.45. The van der Waals surface area contributed by atoms with E-state index in [0.29, 0.717) is 0 Å². The van der Waals surface area contributed by atoms with Crippen LogP contribution in [0.3, 0.4) is 0 Å². The highest BCUT2D eigenvalue weighted by atomic mass is 79.9. The second-order valence-corrected chi connectivity index (χ2v) is 4.23. The van der Waals surface area contributed by atoms with E-state index in [9.17, 15) is 0 Å². The molecule has 72 valence electrons. The third kappa shape index (κ3) is 2.34. The Kier molecular flexibility index (Phi) is 3.98. The maximum absolute atomic E-state index is 3.69. The molecular formula is C12H17Br. The van der Waals surface area contributed by atoms with Gasteiger partial charge in [-0.2, -0.15) is 0 Å². The molecule has 0 aromatic heterocycles. The standard InChI is InChI=1S/C12H17Br/c1-4-6-11-9(3)7-8-10(5-2)12(11)13/h7-8H,4-6H2,1-3H3. The van der Waals surface area contributed by atoms with E-state index in [-0.39, 0.29) is 0 Å². The number of hydrogen-bond acceptors (Lipinski definition) is 0. The molecule has 0 amide bonds. The van der Waals surface area contributed by atoms with Crippen molar-refractivity contribution in [2.45, 2.75) is 40.0 Å². The molecule has 0 radical (unpaired) electrons. The molecule has 0 saturated carbocycles. The highest BCUT2D eigenvalue weighted by Crippen LogP contribution is 2.26. The minimum absolute atomic E-state index is 1.11. The molecule has 1 heteroatoms. The van der Waals surface area contributed by atoms with Crippen LogP contribution in [-0.4, -0.2) is 0 Å². The van der Waals surface area contributed by atoms with E-state index in [4.69, 9.17) is 0 Å². The SMILES string of the molecule is CCCc1c(C)ccc(CC)c1Br. The van der Waals surface area contributed by atoms with Gasteiger partial charge in [-0.1, -0.05) is 48.3 Å². The molecule has 0 aliphatic heterocycles. The van der Waals surface area contributed by atoms with Gasteiger partial charge in [0.15, 0.2) is 0 Å². The van der Waals surface area contributed by atoms with Gasteiger partial charge in [-0.25, -0.2) is 0 Å². The summed E-state index contributed by atoms with van der Waals surface area (Å²) in [5.41, 5.74) is 4.32. The number of hydrogen-bond donors (Lipinski definition) is 0. The van der Waals surface area contributed by atoms with E-state index in [1.54, 1.807) is 0 Å². The van der Waals surface area contributed by atoms with Crippen molar-refractivity contribution in [3.63, 3.8) is 0 Å². The fraction of sp³-hybridized carbons (Fsp3) is 0.500. The highest BCUT2D eigenvalue weighted by Gasteiger charge is 2.06. The first-order valence-corrected chi connectivity index (χ1v) is 5.76. The van der Waals surface area contributed by atoms with Gasteiger partial charge in [0.25, 0.3) is 0 Å². The van der Waals surface area contributed by atoms with Gasteiger partial charge in [-0.3, -0.25) is 0 Å². The van der Waals surface area contributed by atoms with E-state index in [2.05, 4.69) is 48.8 Å². The van der Waals surface area contributed by atoms with Crippen LogP contribution >= 0.6 is 15.9 Å². The van der Waals surface area contributed by atoms with Crippen molar-refractivity contribution in [1.82, 2.24) is 0 Å². The molecular weight excluding hydrogens is 224 g/mol. The minimum atomic E-state index is 1.11. The van der Waals surface area contributed by atoms with Crippen LogP contribution in [0.2, 0.25) is 0 Å². The predicted molar refractivity (Wildman–Crippen MR) is 62.3 cm³/mol. The molecule has 0 unspecified atom stereocenters. The van der Waals surface area contributed by atoms with Crippen LogP contribution in [0.15, 0.2) is 16.6 Å². The normalized spacial score (nSPS) is 10.5. The molecule has 0 atom stereocenters. The molecule has 0 bridgehead atoms. The van der Waals surface area contributed by atoms with Gasteiger partial charge in [0, 0.05) is 4.47 Å². The van der Waals surface area contributed by atoms with Crippen molar-refractivity contribution >= 4 is 15.9 Å². The van der Waals surface area contributed by atoms with Crippen molar-refractivity contribution in [3.05, 3.63) is 33.3 Å². The van der Waals surface area contributed by atoms with Crippen molar-refractivity contribution in [2.24, 2.45) is 0 Å². The third-order valence-corrected chi connectivity index (χ3v) is 3.43. The zero-order valence-electron chi connectivity index (χ0n) is 8.65. The summed E-state index contributed by atoms with van der Waals surface area (Å²) < 4.78 is 1.33. The quantitative estimate of drug-likeness (QED) is 0.741. The van der Waals surface area contributed by atoms with Crippen molar-refractivity contribution in [3.8, 4) is 0 Å². The Hall–Kier alpha value is -0.300. The van der Waals surface area contributed by atoms with E-state index >= 15 is 0 Å². The summed E-state index contributed by atoms with van der Waals surface area (Å²) in [6.45, 7) is 6.62. The zero-order valence-corrected chi connectivity index (χ0v) is 10.2. The Labute approximate surface area is 89.5 Å². The van der Waals surface area contributed by atoms with Gasteiger partial charge in [0.2, 0.25) is 0 Å². The third-order valence-electron chi connectivity index (χ3n) is 2.44. The molecule has 1 aromatic carbocycles. The lowest BCUT2D eigenvalue weighted by Gasteiger charge is -2.10. The molecule has 0 heterocycles. The first-order chi connectivity index (χ1) is 6.20. The second kappa shape index (κ2) is 4.80. The largest absolute Gasteiger partial charge is 0.0651 e. The number of halogens is 1. The van der Waals surface area contributed by atoms with Crippen LogP contribution in [0.4, 0.5) is 0 Å². The van der Waals surface area contributed by atoms with Gasteiger partial charge in [-0.15, -0.1) is 0 Å². The molecule has 0 nitrogen and oxygen atoms in total. The first kappa shape index (κ1) is 10.8. The lowest BCUT2D eigenvalue weighted by Crippen LogP contribution is -1.94. The van der Waals surface area contributed by atoms with Crippen molar-refractivity contribution in [1.29, 1.82) is 0 Å². The van der Waals surface area contributed by atoms with Crippen LogP contribution in [0, 0.1) is 6.92 Å². The molecule has 13 heavy (non-hydrogen) atoms. The average Bonchev–Trinajstić information content (AvgIpc) is 2.12. The van der Waals surface area contributed by atoms with Gasteiger partial charge in [0.1, 0.15) is 0 Å². The van der Waals surface area contributed by atoms with Crippen LogP contribution < -0.4 is 0 Å². The fourth-order valence-electron chi connectivity index (χ4n) is 1.60. The minimum Gasteiger partial charge on any atom is -0.0651 e. The lowest BCUT2D eigenvalue weighted by atomic mass is 10.0. The number of rotatable bonds is 3. The van der Waals surface area contributed by atoms with Gasteiger partial charge in [0.05, 0.1) is 0 Å². The molecule has 0 aliphatic carbocycles. The molecule has 1 aromatic rings. The van der Waals surface area contributed by atoms with E-state index in [0.717, 1.165) is 6.42 Å². The topological polar surface area (TPSA) is 0 Å². The smallest absolute Gasteiger partial charge is 0.0241 e. The number of benzene rings is 1. The zero-order chi connectivity index (χ0) is 9.84. The maximum Gasteiger partial charge on any atom is 0.0241 e. The predicted octanol–water partition coefficient (Wildman–Crippen LogP) is 4.27. The number of aryl methyl sites for hydroxylation is 2. The highest BCUT2D eigenvalue weighted by molar-refractivity contribution is 9.10. The lowest BCUT2D eigenvalue weighted by molar-refractivity contribution is 0.901. The summed E-state index contributed by atoms with van der Waals surface area (Å²) in [7, 11) is 0. The Balaban J connectivity index is 3.13. The van der Waals surface area contributed by atoms with Crippen molar-refractivity contribution < 1.29 is 0 Å². The van der Waals surface area contributed by atoms with Crippen LogP contribution in [0.5, 0.6) is 0 Å². The summed E-state index contributed by atoms with van der Waals surface area (Å²) >= 11 is 3.69. The summed E-state index contributed by atoms with van der Waals surface area (Å²) in [4.78, 5) is 0. The molecule has 1 rings (SSSR count). The Morgan fingerprint density at radius 2 is 1.92 bits per heavy atom. The Morgan fingerprint density at radius 1 is 1.23 bits per heavy atom. The Bertz CT molecular complexity index is 289. The monoisotopic (exact) mass is 240 g/mol.